The smallest absolute Gasteiger partial charge is 0.312 e. The summed E-state index contributed by atoms with van der Waals surface area (Å²) in [5.74, 6) is -0.850. The summed E-state index contributed by atoms with van der Waals surface area (Å²) in [6, 6.07) is 17.5. The zero-order valence-corrected chi connectivity index (χ0v) is 20.1. The minimum absolute atomic E-state index is 0.485. The number of carbonyl (C=O) groups excluding carboxylic acids is 1. The van der Waals surface area contributed by atoms with E-state index in [1.165, 1.54) is 7.11 Å². The van der Waals surface area contributed by atoms with Crippen LogP contribution in [0.15, 0.2) is 71.5 Å². The van der Waals surface area contributed by atoms with E-state index in [4.69, 9.17) is 14.2 Å². The maximum atomic E-state index is 13.2. The zero-order chi connectivity index (χ0) is 23.4. The topological polar surface area (TPSA) is 77.9 Å². The van der Waals surface area contributed by atoms with Crippen LogP contribution in [0.25, 0.3) is 0 Å². The van der Waals surface area contributed by atoms with E-state index < -0.39 is 34.9 Å². The average Bonchev–Trinajstić information content (AvgIpc) is 3.22. The fourth-order valence-electron chi connectivity index (χ4n) is 5.92. The van der Waals surface area contributed by atoms with Crippen molar-refractivity contribution >= 4 is 21.9 Å². The molecule has 0 bridgehead atoms. The summed E-state index contributed by atoms with van der Waals surface area (Å²) in [4.78, 5) is 17.5. The Balaban J connectivity index is 1.89. The molecule has 2 aliphatic rings. The summed E-state index contributed by atoms with van der Waals surface area (Å²) < 4.78 is 18.6. The number of hydrogen-bond acceptors (Lipinski definition) is 6. The van der Waals surface area contributed by atoms with E-state index in [9.17, 15) is 9.90 Å². The van der Waals surface area contributed by atoms with Gasteiger partial charge in [0.25, 0.3) is 0 Å². The van der Waals surface area contributed by atoms with Gasteiger partial charge in [-0.3, -0.25) is 9.78 Å². The molecule has 0 radical (unpaired) electrons. The number of ether oxygens (including phenoxy) is 3. The Labute approximate surface area is 200 Å². The normalized spacial score (nSPS) is 29.7. The van der Waals surface area contributed by atoms with Gasteiger partial charge in [-0.2, -0.15) is 0 Å². The minimum Gasteiger partial charge on any atom is -0.495 e. The molecule has 170 valence electrons. The van der Waals surface area contributed by atoms with Crippen LogP contribution in [0.2, 0.25) is 0 Å². The molecule has 1 N–H and O–H groups in total. The lowest BCUT2D eigenvalue weighted by Crippen LogP contribution is -2.50. The van der Waals surface area contributed by atoms with Gasteiger partial charge in [0.15, 0.2) is 5.60 Å². The Morgan fingerprint density at radius 2 is 1.79 bits per heavy atom. The number of fused-ring (bicyclic) bond motifs is 3. The summed E-state index contributed by atoms with van der Waals surface area (Å²) in [6.07, 6.45) is 2.14. The third-order valence-corrected chi connectivity index (χ3v) is 7.82. The Bertz CT molecular complexity index is 1200. The second kappa shape index (κ2) is 7.85. The zero-order valence-electron chi connectivity index (χ0n) is 18.5. The van der Waals surface area contributed by atoms with Crippen LogP contribution in [0.3, 0.4) is 0 Å². The molecule has 0 amide bonds. The van der Waals surface area contributed by atoms with Crippen LogP contribution in [0.4, 0.5) is 0 Å². The van der Waals surface area contributed by atoms with Gasteiger partial charge < -0.3 is 19.3 Å². The Kier molecular flexibility index (Phi) is 5.21. The molecule has 2 heterocycles. The molecule has 0 spiro atoms. The molecule has 0 saturated heterocycles. The molecule has 5 atom stereocenters. The predicted octanol–water partition coefficient (Wildman–Crippen LogP) is 4.35. The summed E-state index contributed by atoms with van der Waals surface area (Å²) in [5.41, 5.74) is 0.252. The van der Waals surface area contributed by atoms with Crippen LogP contribution < -0.4 is 9.47 Å². The summed E-state index contributed by atoms with van der Waals surface area (Å²) in [5, 5.41) is 11.9. The molecule has 1 aromatic heterocycles. The van der Waals surface area contributed by atoms with E-state index in [1.807, 2.05) is 61.5 Å². The molecule has 33 heavy (non-hydrogen) atoms. The fraction of sp³-hybridized carbons (Fsp3) is 0.308. The van der Waals surface area contributed by atoms with Crippen LogP contribution >= 0.6 is 15.9 Å². The minimum atomic E-state index is -1.12. The molecular weight excluding hydrogens is 486 g/mol. The highest BCUT2D eigenvalue weighted by Gasteiger charge is 2.76. The number of pyridine rings is 1. The summed E-state index contributed by atoms with van der Waals surface area (Å²) in [6.45, 7) is 1.94. The van der Waals surface area contributed by atoms with Crippen LogP contribution in [-0.4, -0.2) is 36.4 Å². The Morgan fingerprint density at radius 1 is 1.09 bits per heavy atom. The summed E-state index contributed by atoms with van der Waals surface area (Å²) in [7, 11) is 2.91. The number of rotatable bonds is 4. The first-order valence-electron chi connectivity index (χ1n) is 10.7. The van der Waals surface area contributed by atoms with E-state index in [2.05, 4.69) is 20.9 Å². The number of hydrogen-bond donors (Lipinski definition) is 1. The third kappa shape index (κ3) is 2.82. The lowest BCUT2D eigenvalue weighted by atomic mass is 9.65. The molecule has 3 aromatic rings. The molecule has 1 fully saturated rings. The van der Waals surface area contributed by atoms with E-state index >= 15 is 0 Å². The molecule has 1 saturated carbocycles. The quantitative estimate of drug-likeness (QED) is 0.527. The number of benzene rings is 2. The van der Waals surface area contributed by atoms with Gasteiger partial charge in [0.2, 0.25) is 0 Å². The highest BCUT2D eigenvalue weighted by molar-refractivity contribution is 9.10. The Morgan fingerprint density at radius 3 is 2.42 bits per heavy atom. The van der Waals surface area contributed by atoms with Crippen molar-refractivity contribution in [1.82, 2.24) is 4.98 Å². The first-order chi connectivity index (χ1) is 15.9. The fourth-order valence-corrected chi connectivity index (χ4v) is 6.18. The van der Waals surface area contributed by atoms with E-state index in [-0.39, 0.29) is 0 Å². The van der Waals surface area contributed by atoms with Gasteiger partial charge in [-0.1, -0.05) is 58.4 Å². The van der Waals surface area contributed by atoms with Gasteiger partial charge in [0, 0.05) is 10.4 Å². The van der Waals surface area contributed by atoms with Gasteiger partial charge in [-0.25, -0.2) is 0 Å². The van der Waals surface area contributed by atoms with Crippen molar-refractivity contribution in [3.05, 3.63) is 88.2 Å². The summed E-state index contributed by atoms with van der Waals surface area (Å²) >= 11 is 3.51. The molecule has 2 aromatic carbocycles. The van der Waals surface area contributed by atoms with Gasteiger partial charge in [0.05, 0.1) is 49.6 Å². The van der Waals surface area contributed by atoms with Crippen molar-refractivity contribution in [2.75, 3.05) is 14.2 Å². The standard InChI is InChI=1S/C26H24BrNO5/c1-25-22-18(31-2)13-28-14-19(22)33-26(25,16-9-11-17(27)12-10-16)21(15-7-5-4-6-8-15)20(23(25)29)24(30)32-3/h4-14,20-21,23,29H,1-3H3/t20-,21-,23-,25?,26+/m1/s1. The number of aromatic nitrogens is 1. The highest BCUT2D eigenvalue weighted by atomic mass is 79.9. The van der Waals surface area contributed by atoms with Crippen molar-refractivity contribution < 1.29 is 24.1 Å². The van der Waals surface area contributed by atoms with Crippen molar-refractivity contribution in [2.45, 2.75) is 30.0 Å². The molecule has 1 unspecified atom stereocenters. The van der Waals surface area contributed by atoms with Crippen LogP contribution in [0, 0.1) is 5.92 Å². The van der Waals surface area contributed by atoms with E-state index in [0.29, 0.717) is 17.1 Å². The van der Waals surface area contributed by atoms with Crippen molar-refractivity contribution in [2.24, 2.45) is 5.92 Å². The number of carbonyl (C=O) groups is 1. The second-order valence-electron chi connectivity index (χ2n) is 8.64. The SMILES string of the molecule is COC(=O)[C@H]1[C@@H](O)C2(C)c3c(OC)cncc3O[C@@]2(c2ccc(Br)cc2)[C@@H]1c1ccccc1. The maximum Gasteiger partial charge on any atom is 0.312 e. The van der Waals surface area contributed by atoms with Crippen LogP contribution in [0.1, 0.15) is 29.5 Å². The first-order valence-corrected chi connectivity index (χ1v) is 11.5. The van der Waals surface area contributed by atoms with Crippen molar-refractivity contribution in [1.29, 1.82) is 0 Å². The number of methoxy groups -OCH3 is 2. The Hall–Kier alpha value is -2.90. The highest BCUT2D eigenvalue weighted by Crippen LogP contribution is 2.70. The predicted molar refractivity (Wildman–Crippen MR) is 125 cm³/mol. The monoisotopic (exact) mass is 509 g/mol. The third-order valence-electron chi connectivity index (χ3n) is 7.29. The maximum absolute atomic E-state index is 13.2. The lowest BCUT2D eigenvalue weighted by molar-refractivity contribution is -0.149. The van der Waals surface area contributed by atoms with Crippen LogP contribution in [0.5, 0.6) is 11.5 Å². The molecule has 1 aliphatic carbocycles. The first kappa shape index (κ1) is 21.9. The second-order valence-corrected chi connectivity index (χ2v) is 9.56. The molecule has 6 nitrogen and oxygen atoms in total. The molecule has 1 aliphatic heterocycles. The van der Waals surface area contributed by atoms with Gasteiger partial charge in [0.1, 0.15) is 11.5 Å². The number of aliphatic hydroxyl groups is 1. The average molecular weight is 510 g/mol. The van der Waals surface area contributed by atoms with Crippen molar-refractivity contribution in [3.63, 3.8) is 0 Å². The van der Waals surface area contributed by atoms with E-state index in [0.717, 1.165) is 15.6 Å². The van der Waals surface area contributed by atoms with Gasteiger partial charge >= 0.3 is 5.97 Å². The number of halogens is 1. The number of nitrogens with zero attached hydrogens (tertiary/aromatic N) is 1. The number of aliphatic hydroxyl groups excluding tert-OH is 1. The lowest BCUT2D eigenvalue weighted by Gasteiger charge is -2.42. The van der Waals surface area contributed by atoms with E-state index in [1.54, 1.807) is 19.5 Å². The molecule has 5 rings (SSSR count). The van der Waals surface area contributed by atoms with Crippen molar-refractivity contribution in [3.8, 4) is 11.5 Å². The van der Waals surface area contributed by atoms with Gasteiger partial charge in [-0.15, -0.1) is 0 Å². The van der Waals surface area contributed by atoms with Crippen LogP contribution in [-0.2, 0) is 20.5 Å². The number of esters is 1. The molecule has 7 heteroatoms. The molecular formula is C26H24BrNO5. The largest absolute Gasteiger partial charge is 0.495 e. The van der Waals surface area contributed by atoms with Gasteiger partial charge in [-0.05, 0) is 30.2 Å².